The molecule has 84 valence electrons. The summed E-state index contributed by atoms with van der Waals surface area (Å²) in [5.74, 6) is 0. The Hall–Kier alpha value is -1.12. The van der Waals surface area contributed by atoms with Crippen LogP contribution in [0.5, 0.6) is 0 Å². The first-order valence-corrected chi connectivity index (χ1v) is 4.92. The van der Waals surface area contributed by atoms with Gasteiger partial charge >= 0.3 is 0 Å². The number of hydrogen-bond acceptors (Lipinski definition) is 1. The van der Waals surface area contributed by atoms with Gasteiger partial charge in [0.2, 0.25) is 0 Å². The van der Waals surface area contributed by atoms with Crippen LogP contribution in [-0.4, -0.2) is 0 Å². The lowest BCUT2D eigenvalue weighted by molar-refractivity contribution is 0.150. The maximum Gasteiger partial charge on any atom is 0.264 e. The largest absolute Gasteiger partial charge is 0.399 e. The Labute approximate surface area is 89.3 Å². The van der Waals surface area contributed by atoms with Gasteiger partial charge in [-0.25, -0.2) is 8.78 Å². The van der Waals surface area contributed by atoms with E-state index in [-0.39, 0.29) is 11.0 Å². The average molecular weight is 213 g/mol. The van der Waals surface area contributed by atoms with E-state index in [1.165, 1.54) is 6.07 Å². The lowest BCUT2D eigenvalue weighted by Crippen LogP contribution is -2.15. The monoisotopic (exact) mass is 213 g/mol. The zero-order valence-corrected chi connectivity index (χ0v) is 9.57. The Morgan fingerprint density at radius 3 is 2.13 bits per heavy atom. The van der Waals surface area contributed by atoms with Crippen molar-refractivity contribution in [1.82, 2.24) is 0 Å². The van der Waals surface area contributed by atoms with Crippen LogP contribution in [0.25, 0.3) is 0 Å². The zero-order chi connectivity index (χ0) is 11.8. The molecule has 0 saturated carbocycles. The standard InChI is InChI=1S/C12H17F2N/c1-7-9(11(13)14)5-8(15)6-10(7)12(2,3)4/h5-6,11H,15H2,1-4H3. The molecule has 1 rings (SSSR count). The van der Waals surface area contributed by atoms with E-state index in [2.05, 4.69) is 0 Å². The molecule has 0 aliphatic rings. The van der Waals surface area contributed by atoms with Gasteiger partial charge in [-0.2, -0.15) is 0 Å². The molecule has 1 nitrogen and oxygen atoms in total. The molecule has 0 radical (unpaired) electrons. The van der Waals surface area contributed by atoms with Crippen molar-refractivity contribution in [3.05, 3.63) is 28.8 Å². The number of rotatable bonds is 1. The lowest BCUT2D eigenvalue weighted by Gasteiger charge is -2.24. The van der Waals surface area contributed by atoms with E-state index < -0.39 is 6.43 Å². The first-order chi connectivity index (χ1) is 6.73. The molecule has 1 aromatic carbocycles. The van der Waals surface area contributed by atoms with Gasteiger partial charge in [0, 0.05) is 11.3 Å². The van der Waals surface area contributed by atoms with Gasteiger partial charge in [0.1, 0.15) is 0 Å². The Balaban J connectivity index is 3.42. The maximum atomic E-state index is 12.7. The van der Waals surface area contributed by atoms with E-state index in [0.29, 0.717) is 11.3 Å². The normalized spacial score (nSPS) is 12.2. The summed E-state index contributed by atoms with van der Waals surface area (Å²) in [6.45, 7) is 7.69. The summed E-state index contributed by atoms with van der Waals surface area (Å²) in [6.07, 6.45) is -2.46. The van der Waals surface area contributed by atoms with Gasteiger partial charge in [-0.3, -0.25) is 0 Å². The minimum atomic E-state index is -2.46. The molecule has 0 spiro atoms. The molecule has 0 unspecified atom stereocenters. The molecule has 0 aliphatic heterocycles. The highest BCUT2D eigenvalue weighted by molar-refractivity contribution is 5.51. The summed E-state index contributed by atoms with van der Waals surface area (Å²) in [5, 5.41) is 0. The number of alkyl halides is 2. The van der Waals surface area contributed by atoms with Gasteiger partial charge in [-0.05, 0) is 35.6 Å². The summed E-state index contributed by atoms with van der Waals surface area (Å²) in [6, 6.07) is 3.14. The molecule has 0 heterocycles. The van der Waals surface area contributed by atoms with Crippen molar-refractivity contribution in [3.63, 3.8) is 0 Å². The number of nitrogen functional groups attached to an aromatic ring is 1. The highest BCUT2D eigenvalue weighted by Crippen LogP contribution is 2.33. The van der Waals surface area contributed by atoms with Gasteiger partial charge in [0.05, 0.1) is 0 Å². The summed E-state index contributed by atoms with van der Waals surface area (Å²) < 4.78 is 25.4. The second-order valence-electron chi connectivity index (χ2n) is 4.83. The van der Waals surface area contributed by atoms with Gasteiger partial charge in [-0.15, -0.1) is 0 Å². The van der Waals surface area contributed by atoms with Crippen LogP contribution in [0, 0.1) is 6.92 Å². The number of hydrogen-bond donors (Lipinski definition) is 1. The van der Waals surface area contributed by atoms with E-state index in [0.717, 1.165) is 5.56 Å². The van der Waals surface area contributed by atoms with Gasteiger partial charge in [0.15, 0.2) is 0 Å². The quantitative estimate of drug-likeness (QED) is 0.705. The smallest absolute Gasteiger partial charge is 0.264 e. The van der Waals surface area contributed by atoms with E-state index in [1.54, 1.807) is 13.0 Å². The van der Waals surface area contributed by atoms with Crippen molar-refractivity contribution in [2.75, 3.05) is 5.73 Å². The number of benzene rings is 1. The first kappa shape index (κ1) is 12.0. The fraction of sp³-hybridized carbons (Fsp3) is 0.500. The Bertz CT molecular complexity index is 365. The third-order valence-corrected chi connectivity index (χ3v) is 2.51. The topological polar surface area (TPSA) is 26.0 Å². The van der Waals surface area contributed by atoms with Crippen LogP contribution in [0.2, 0.25) is 0 Å². The molecule has 2 N–H and O–H groups in total. The Morgan fingerprint density at radius 2 is 1.73 bits per heavy atom. The van der Waals surface area contributed by atoms with Crippen LogP contribution in [-0.2, 0) is 5.41 Å². The molecule has 3 heteroatoms. The molecule has 0 saturated heterocycles. The molecular formula is C12H17F2N. The maximum absolute atomic E-state index is 12.7. The van der Waals surface area contributed by atoms with Crippen molar-refractivity contribution in [1.29, 1.82) is 0 Å². The van der Waals surface area contributed by atoms with Crippen molar-refractivity contribution in [2.45, 2.75) is 39.5 Å². The molecular weight excluding hydrogens is 196 g/mol. The average Bonchev–Trinajstić information content (AvgIpc) is 2.06. The van der Waals surface area contributed by atoms with Gasteiger partial charge < -0.3 is 5.73 Å². The minimum absolute atomic E-state index is 0.0416. The van der Waals surface area contributed by atoms with Crippen molar-refractivity contribution < 1.29 is 8.78 Å². The molecule has 1 aromatic rings. The summed E-state index contributed by atoms with van der Waals surface area (Å²) in [5.41, 5.74) is 7.44. The molecule has 0 aromatic heterocycles. The highest BCUT2D eigenvalue weighted by atomic mass is 19.3. The third kappa shape index (κ3) is 2.46. The van der Waals surface area contributed by atoms with Crippen LogP contribution in [0.15, 0.2) is 12.1 Å². The Morgan fingerprint density at radius 1 is 1.20 bits per heavy atom. The van der Waals surface area contributed by atoms with Crippen LogP contribution >= 0.6 is 0 Å². The number of halogens is 2. The molecule has 15 heavy (non-hydrogen) atoms. The number of anilines is 1. The van der Waals surface area contributed by atoms with Crippen LogP contribution in [0.1, 0.15) is 43.9 Å². The second kappa shape index (κ2) is 3.80. The molecule has 0 amide bonds. The second-order valence-corrected chi connectivity index (χ2v) is 4.83. The minimum Gasteiger partial charge on any atom is -0.399 e. The summed E-state index contributed by atoms with van der Waals surface area (Å²) in [4.78, 5) is 0. The van der Waals surface area contributed by atoms with E-state index >= 15 is 0 Å². The van der Waals surface area contributed by atoms with Gasteiger partial charge in [-0.1, -0.05) is 20.8 Å². The van der Waals surface area contributed by atoms with Crippen LogP contribution in [0.4, 0.5) is 14.5 Å². The Kier molecular flexibility index (Phi) is 3.03. The molecule has 0 bridgehead atoms. The van der Waals surface area contributed by atoms with Crippen LogP contribution in [0.3, 0.4) is 0 Å². The SMILES string of the molecule is Cc1c(C(F)F)cc(N)cc1C(C)(C)C. The first-order valence-electron chi connectivity index (χ1n) is 4.92. The van der Waals surface area contributed by atoms with Gasteiger partial charge in [0.25, 0.3) is 6.43 Å². The number of nitrogens with two attached hydrogens (primary N) is 1. The fourth-order valence-corrected chi connectivity index (χ4v) is 1.77. The van der Waals surface area contributed by atoms with Crippen LogP contribution < -0.4 is 5.73 Å². The van der Waals surface area contributed by atoms with E-state index in [1.807, 2.05) is 20.8 Å². The van der Waals surface area contributed by atoms with Crippen molar-refractivity contribution in [2.24, 2.45) is 0 Å². The van der Waals surface area contributed by atoms with Crippen molar-refractivity contribution in [3.8, 4) is 0 Å². The predicted molar refractivity (Wildman–Crippen MR) is 59.2 cm³/mol. The lowest BCUT2D eigenvalue weighted by atomic mass is 9.82. The predicted octanol–water partition coefficient (Wildman–Crippen LogP) is 3.81. The van der Waals surface area contributed by atoms with E-state index in [4.69, 9.17) is 5.73 Å². The highest BCUT2D eigenvalue weighted by Gasteiger charge is 2.21. The molecule has 0 atom stereocenters. The zero-order valence-electron chi connectivity index (χ0n) is 9.57. The van der Waals surface area contributed by atoms with Crippen molar-refractivity contribution >= 4 is 5.69 Å². The van der Waals surface area contributed by atoms with E-state index in [9.17, 15) is 8.78 Å². The fourth-order valence-electron chi connectivity index (χ4n) is 1.77. The summed E-state index contributed by atoms with van der Waals surface area (Å²) in [7, 11) is 0. The third-order valence-electron chi connectivity index (χ3n) is 2.51. The molecule has 0 aliphatic carbocycles. The molecule has 0 fully saturated rings. The summed E-state index contributed by atoms with van der Waals surface area (Å²) >= 11 is 0.